The fourth-order valence-electron chi connectivity index (χ4n) is 2.36. The van der Waals surface area contributed by atoms with Crippen LogP contribution in [0, 0.1) is 6.92 Å². The number of hydrogen-bond donors (Lipinski definition) is 2. The lowest BCUT2D eigenvalue weighted by atomic mass is 10.2. The molecule has 0 saturated heterocycles. The van der Waals surface area contributed by atoms with Crippen LogP contribution in [0.5, 0.6) is 0 Å². The van der Waals surface area contributed by atoms with Crippen molar-refractivity contribution in [2.75, 3.05) is 15.8 Å². The maximum atomic E-state index is 12.4. The van der Waals surface area contributed by atoms with Crippen molar-refractivity contribution in [2.45, 2.75) is 16.7 Å². The van der Waals surface area contributed by atoms with Gasteiger partial charge in [0, 0.05) is 27.4 Å². The van der Waals surface area contributed by atoms with E-state index in [0.717, 1.165) is 14.9 Å². The van der Waals surface area contributed by atoms with Crippen molar-refractivity contribution in [3.63, 3.8) is 0 Å². The van der Waals surface area contributed by atoms with Gasteiger partial charge in [-0.25, -0.2) is 23.1 Å². The quantitative estimate of drug-likeness (QED) is 0.481. The molecular formula is C19H17BrN4O3S2. The molecule has 7 nitrogen and oxygen atoms in total. The van der Waals surface area contributed by atoms with Crippen LogP contribution < -0.4 is 10.0 Å². The minimum absolute atomic E-state index is 0.00913. The molecule has 1 heterocycles. The Bertz CT molecular complexity index is 1110. The zero-order valence-corrected chi connectivity index (χ0v) is 18.5. The van der Waals surface area contributed by atoms with Crippen LogP contribution >= 0.6 is 27.7 Å². The van der Waals surface area contributed by atoms with Crippen molar-refractivity contribution in [3.8, 4) is 0 Å². The van der Waals surface area contributed by atoms with Gasteiger partial charge in [-0.1, -0.05) is 15.9 Å². The van der Waals surface area contributed by atoms with Crippen molar-refractivity contribution >= 4 is 55.3 Å². The van der Waals surface area contributed by atoms with Crippen LogP contribution in [-0.4, -0.2) is 30.0 Å². The second-order valence-electron chi connectivity index (χ2n) is 5.95. The fraction of sp³-hybridized carbons (Fsp3) is 0.105. The number of aryl methyl sites for hydroxylation is 1. The van der Waals surface area contributed by atoms with Gasteiger partial charge in [0.1, 0.15) is 0 Å². The summed E-state index contributed by atoms with van der Waals surface area (Å²) >= 11 is 4.85. The van der Waals surface area contributed by atoms with Crippen molar-refractivity contribution in [3.05, 3.63) is 71.0 Å². The van der Waals surface area contributed by atoms with E-state index in [1.54, 1.807) is 6.07 Å². The third-order valence-electron chi connectivity index (χ3n) is 3.74. The number of hydrogen-bond acceptors (Lipinski definition) is 6. The van der Waals surface area contributed by atoms with Crippen LogP contribution in [0.2, 0.25) is 0 Å². The van der Waals surface area contributed by atoms with Crippen LogP contribution in [0.25, 0.3) is 0 Å². The summed E-state index contributed by atoms with van der Waals surface area (Å²) in [5.41, 5.74) is 1.60. The van der Waals surface area contributed by atoms with E-state index in [0.29, 0.717) is 5.69 Å². The number of halogens is 1. The number of carbonyl (C=O) groups is 1. The molecular weight excluding hydrogens is 476 g/mol. The largest absolute Gasteiger partial charge is 0.325 e. The second kappa shape index (κ2) is 9.38. The average Bonchev–Trinajstić information content (AvgIpc) is 2.68. The molecule has 0 atom stereocenters. The highest BCUT2D eigenvalue weighted by Crippen LogP contribution is 2.25. The van der Waals surface area contributed by atoms with E-state index in [2.05, 4.69) is 35.9 Å². The molecule has 0 bridgehead atoms. The lowest BCUT2D eigenvalue weighted by molar-refractivity contribution is -0.113. The fourth-order valence-corrected chi connectivity index (χ4v) is 4.61. The van der Waals surface area contributed by atoms with Gasteiger partial charge in [-0.05, 0) is 61.0 Å². The lowest BCUT2D eigenvalue weighted by Crippen LogP contribution is -2.16. The molecule has 0 unspecified atom stereocenters. The zero-order chi connectivity index (χ0) is 20.9. The summed E-state index contributed by atoms with van der Waals surface area (Å²) in [4.78, 5) is 20.9. The number of carbonyl (C=O) groups excluding carboxylic acids is 1. The number of rotatable bonds is 7. The topological polar surface area (TPSA) is 101 Å². The van der Waals surface area contributed by atoms with E-state index >= 15 is 0 Å². The van der Waals surface area contributed by atoms with E-state index in [1.807, 2.05) is 25.1 Å². The maximum Gasteiger partial charge on any atom is 0.264 e. The number of nitrogens with one attached hydrogen (secondary N) is 2. The molecule has 0 aliphatic rings. The predicted octanol–water partition coefficient (Wildman–Crippen LogP) is 4.08. The highest BCUT2D eigenvalue weighted by atomic mass is 79.9. The van der Waals surface area contributed by atoms with Gasteiger partial charge < -0.3 is 5.32 Å². The van der Waals surface area contributed by atoms with E-state index in [4.69, 9.17) is 0 Å². The summed E-state index contributed by atoms with van der Waals surface area (Å²) in [6.07, 6.45) is 2.88. The van der Waals surface area contributed by atoms with E-state index in [-0.39, 0.29) is 22.5 Å². The van der Waals surface area contributed by atoms with E-state index in [9.17, 15) is 13.2 Å². The second-order valence-corrected chi connectivity index (χ2v) is 9.56. The molecule has 2 N–H and O–H groups in total. The average molecular weight is 493 g/mol. The van der Waals surface area contributed by atoms with Gasteiger partial charge in [0.2, 0.25) is 11.9 Å². The first-order valence-electron chi connectivity index (χ1n) is 8.42. The summed E-state index contributed by atoms with van der Waals surface area (Å²) < 4.78 is 28.0. The molecule has 2 aromatic carbocycles. The first kappa shape index (κ1) is 21.3. The molecule has 3 aromatic rings. The molecule has 1 amide bonds. The summed E-state index contributed by atoms with van der Waals surface area (Å²) in [7, 11) is -3.81. The van der Waals surface area contributed by atoms with Gasteiger partial charge in [-0.3, -0.25) is 4.79 Å². The summed E-state index contributed by atoms with van der Waals surface area (Å²) in [5.74, 6) is 0.0592. The first-order valence-corrected chi connectivity index (χ1v) is 11.7. The highest BCUT2D eigenvalue weighted by Gasteiger charge is 2.15. The number of sulfonamides is 1. The van der Waals surface area contributed by atoms with Gasteiger partial charge in [-0.2, -0.15) is 0 Å². The predicted molar refractivity (Wildman–Crippen MR) is 118 cm³/mol. The van der Waals surface area contributed by atoms with Crippen molar-refractivity contribution in [1.29, 1.82) is 0 Å². The van der Waals surface area contributed by atoms with Crippen LogP contribution in [0.3, 0.4) is 0 Å². The first-order chi connectivity index (χ1) is 13.8. The van der Waals surface area contributed by atoms with Crippen molar-refractivity contribution in [2.24, 2.45) is 0 Å². The van der Waals surface area contributed by atoms with Gasteiger partial charge in [0.05, 0.1) is 10.6 Å². The van der Waals surface area contributed by atoms with Gasteiger partial charge in [0.15, 0.2) is 0 Å². The number of anilines is 2. The minimum Gasteiger partial charge on any atom is -0.325 e. The molecule has 0 aliphatic carbocycles. The Morgan fingerprint density at radius 2 is 1.79 bits per heavy atom. The summed E-state index contributed by atoms with van der Waals surface area (Å²) in [5, 5.41) is 2.76. The number of nitrogens with zero attached hydrogens (tertiary/aromatic N) is 2. The molecule has 0 saturated carbocycles. The standard InChI is InChI=1S/C19H17BrN4O3S2/c1-13-11-14(20)3-8-17(13)28-12-18(25)23-15-4-6-16(7-5-15)29(26,27)24-19-21-9-2-10-22-19/h2-11H,12H2,1H3,(H,23,25)(H,21,22,24). The van der Waals surface area contributed by atoms with Crippen LogP contribution in [0.1, 0.15) is 5.56 Å². The Hall–Kier alpha value is -2.43. The molecule has 0 fully saturated rings. The Balaban J connectivity index is 1.59. The van der Waals surface area contributed by atoms with E-state index in [1.165, 1.54) is 48.4 Å². The van der Waals surface area contributed by atoms with Crippen molar-refractivity contribution in [1.82, 2.24) is 9.97 Å². The molecule has 10 heteroatoms. The van der Waals surface area contributed by atoms with Gasteiger partial charge in [-0.15, -0.1) is 11.8 Å². The monoisotopic (exact) mass is 492 g/mol. The van der Waals surface area contributed by atoms with Gasteiger partial charge >= 0.3 is 0 Å². The van der Waals surface area contributed by atoms with Gasteiger partial charge in [0.25, 0.3) is 10.0 Å². The minimum atomic E-state index is -3.81. The lowest BCUT2D eigenvalue weighted by Gasteiger charge is -2.09. The van der Waals surface area contributed by atoms with Crippen LogP contribution in [0.15, 0.2) is 75.2 Å². The number of amides is 1. The Labute approximate surface area is 181 Å². The van der Waals surface area contributed by atoms with Crippen molar-refractivity contribution < 1.29 is 13.2 Å². The zero-order valence-electron chi connectivity index (χ0n) is 15.3. The SMILES string of the molecule is Cc1cc(Br)ccc1SCC(=O)Nc1ccc(S(=O)(=O)Nc2ncccn2)cc1. The smallest absolute Gasteiger partial charge is 0.264 e. The molecule has 0 spiro atoms. The Morgan fingerprint density at radius 3 is 2.45 bits per heavy atom. The third-order valence-corrected chi connectivity index (χ3v) is 6.75. The molecule has 0 aliphatic heterocycles. The number of thioether (sulfide) groups is 1. The third kappa shape index (κ3) is 6.02. The Kier molecular flexibility index (Phi) is 6.88. The number of aromatic nitrogens is 2. The molecule has 0 radical (unpaired) electrons. The molecule has 150 valence electrons. The highest BCUT2D eigenvalue weighted by molar-refractivity contribution is 9.10. The maximum absolute atomic E-state index is 12.4. The summed E-state index contributed by atoms with van der Waals surface area (Å²) in [6, 6.07) is 13.4. The van der Waals surface area contributed by atoms with E-state index < -0.39 is 10.0 Å². The Morgan fingerprint density at radius 1 is 1.10 bits per heavy atom. The number of benzene rings is 2. The summed E-state index contributed by atoms with van der Waals surface area (Å²) in [6.45, 7) is 1.98. The molecule has 3 rings (SSSR count). The normalized spacial score (nSPS) is 11.1. The molecule has 29 heavy (non-hydrogen) atoms. The molecule has 1 aromatic heterocycles. The van der Waals surface area contributed by atoms with Crippen LogP contribution in [-0.2, 0) is 14.8 Å². The van der Waals surface area contributed by atoms with Crippen LogP contribution in [0.4, 0.5) is 11.6 Å².